The summed E-state index contributed by atoms with van der Waals surface area (Å²) in [6.45, 7) is 8.42. The average Bonchev–Trinajstić information content (AvgIpc) is 3.21. The van der Waals surface area contributed by atoms with E-state index in [1.807, 2.05) is 36.4 Å². The highest BCUT2D eigenvalue weighted by Crippen LogP contribution is 2.37. The number of carbonyl (C=O) groups excluding carboxylic acids is 1. The third-order valence-electron chi connectivity index (χ3n) is 6.66. The molecule has 0 bridgehead atoms. The lowest BCUT2D eigenvalue weighted by Crippen LogP contribution is -2.66. The van der Waals surface area contributed by atoms with Crippen LogP contribution >= 0.6 is 0 Å². The minimum atomic E-state index is -2.59. The van der Waals surface area contributed by atoms with E-state index in [1.165, 1.54) is 10.4 Å². The predicted octanol–water partition coefficient (Wildman–Crippen LogP) is 4.98. The van der Waals surface area contributed by atoms with Crippen LogP contribution in [-0.2, 0) is 15.7 Å². The SMILES string of the molecule is COc1ccc(CN2CC(CCO[Si](c3ccccc3)(c3ccccc3)C(C)(C)C)OC2=O)cc1. The van der Waals surface area contributed by atoms with Crippen LogP contribution < -0.4 is 15.1 Å². The summed E-state index contributed by atoms with van der Waals surface area (Å²) in [6, 6.07) is 29.0. The molecule has 6 heteroatoms. The molecule has 1 unspecified atom stereocenters. The van der Waals surface area contributed by atoms with Crippen LogP contribution in [0.2, 0.25) is 5.04 Å². The zero-order valence-corrected chi connectivity index (χ0v) is 22.1. The maximum absolute atomic E-state index is 12.5. The molecule has 0 aromatic heterocycles. The van der Waals surface area contributed by atoms with E-state index < -0.39 is 8.32 Å². The quantitative estimate of drug-likeness (QED) is 0.398. The molecular formula is C29H35NO4Si. The molecule has 0 aliphatic carbocycles. The number of methoxy groups -OCH3 is 1. The molecule has 1 aliphatic heterocycles. The Bertz CT molecular complexity index is 1060. The standard InChI is InChI=1S/C29H35NO4Si/c1-29(2,3)35(26-11-7-5-8-12-26,27-13-9-6-10-14-27)33-20-19-25-22-30(28(31)34-25)21-23-15-17-24(32-4)18-16-23/h5-18,25H,19-22H2,1-4H3. The Labute approximate surface area is 209 Å². The van der Waals surface area contributed by atoms with Crippen molar-refractivity contribution in [2.75, 3.05) is 20.3 Å². The van der Waals surface area contributed by atoms with E-state index in [9.17, 15) is 4.79 Å². The van der Waals surface area contributed by atoms with E-state index in [2.05, 4.69) is 69.3 Å². The van der Waals surface area contributed by atoms with Gasteiger partial charge in [-0.15, -0.1) is 0 Å². The van der Waals surface area contributed by atoms with Gasteiger partial charge in [-0.2, -0.15) is 0 Å². The Morgan fingerprint density at radius 2 is 1.49 bits per heavy atom. The van der Waals surface area contributed by atoms with Gasteiger partial charge in [-0.25, -0.2) is 4.79 Å². The largest absolute Gasteiger partial charge is 0.497 e. The average molecular weight is 490 g/mol. The molecule has 0 radical (unpaired) electrons. The first kappa shape index (κ1) is 25.0. The van der Waals surface area contributed by atoms with Crippen LogP contribution in [0, 0.1) is 0 Å². The van der Waals surface area contributed by atoms with Crippen LogP contribution in [0.3, 0.4) is 0 Å². The van der Waals surface area contributed by atoms with Crippen LogP contribution in [0.5, 0.6) is 5.75 Å². The van der Waals surface area contributed by atoms with Gasteiger partial charge in [0.2, 0.25) is 0 Å². The summed E-state index contributed by atoms with van der Waals surface area (Å²) >= 11 is 0. The summed E-state index contributed by atoms with van der Waals surface area (Å²) in [7, 11) is -0.946. The van der Waals surface area contributed by atoms with Gasteiger partial charge in [-0.3, -0.25) is 0 Å². The van der Waals surface area contributed by atoms with Gasteiger partial charge in [0.15, 0.2) is 0 Å². The Morgan fingerprint density at radius 1 is 0.914 bits per heavy atom. The fourth-order valence-corrected chi connectivity index (χ4v) is 9.49. The van der Waals surface area contributed by atoms with Crippen molar-refractivity contribution in [3.8, 4) is 5.75 Å². The molecule has 35 heavy (non-hydrogen) atoms. The molecule has 0 spiro atoms. The highest BCUT2D eigenvalue weighted by Gasteiger charge is 2.50. The number of benzene rings is 3. The van der Waals surface area contributed by atoms with Crippen molar-refractivity contribution in [1.82, 2.24) is 4.90 Å². The van der Waals surface area contributed by atoms with Gasteiger partial charge in [0, 0.05) is 19.6 Å². The van der Waals surface area contributed by atoms with Crippen LogP contribution in [0.1, 0.15) is 32.8 Å². The van der Waals surface area contributed by atoms with Crippen LogP contribution in [0.4, 0.5) is 4.79 Å². The first-order valence-corrected chi connectivity index (χ1v) is 14.1. The van der Waals surface area contributed by atoms with E-state index in [0.29, 0.717) is 26.1 Å². The van der Waals surface area contributed by atoms with E-state index in [0.717, 1.165) is 11.3 Å². The molecule has 0 N–H and O–H groups in total. The Hall–Kier alpha value is -3.09. The second-order valence-corrected chi connectivity index (χ2v) is 14.3. The second kappa shape index (κ2) is 10.7. The Kier molecular flexibility index (Phi) is 7.62. The van der Waals surface area contributed by atoms with E-state index in [4.69, 9.17) is 13.9 Å². The predicted molar refractivity (Wildman–Crippen MR) is 142 cm³/mol. The topological polar surface area (TPSA) is 48.0 Å². The number of carbonyl (C=O) groups is 1. The van der Waals surface area contributed by atoms with Gasteiger partial charge in [0.25, 0.3) is 8.32 Å². The van der Waals surface area contributed by atoms with Gasteiger partial charge in [-0.1, -0.05) is 93.6 Å². The third-order valence-corrected chi connectivity index (χ3v) is 11.7. The summed E-state index contributed by atoms with van der Waals surface area (Å²) in [5.74, 6) is 0.802. The Balaban J connectivity index is 1.47. The zero-order chi connectivity index (χ0) is 24.9. The minimum Gasteiger partial charge on any atom is -0.497 e. The first-order valence-electron chi connectivity index (χ1n) is 12.2. The van der Waals surface area contributed by atoms with Crippen LogP contribution in [-0.4, -0.2) is 45.7 Å². The van der Waals surface area contributed by atoms with Gasteiger partial charge >= 0.3 is 6.09 Å². The van der Waals surface area contributed by atoms with Gasteiger partial charge in [0.05, 0.1) is 13.7 Å². The normalized spacial score (nSPS) is 16.3. The number of cyclic esters (lactones) is 1. The summed E-state index contributed by atoms with van der Waals surface area (Å²) in [4.78, 5) is 14.3. The fraction of sp³-hybridized carbons (Fsp3) is 0.345. The maximum atomic E-state index is 12.5. The third kappa shape index (κ3) is 5.44. The number of nitrogens with zero attached hydrogens (tertiary/aromatic N) is 1. The molecular weight excluding hydrogens is 454 g/mol. The van der Waals surface area contributed by atoms with Crippen LogP contribution in [0.15, 0.2) is 84.9 Å². The number of hydrogen-bond acceptors (Lipinski definition) is 4. The highest BCUT2D eigenvalue weighted by molar-refractivity contribution is 6.99. The first-order chi connectivity index (χ1) is 16.8. The molecule has 5 nitrogen and oxygen atoms in total. The smallest absolute Gasteiger partial charge is 0.410 e. The van der Waals surface area contributed by atoms with E-state index in [-0.39, 0.29) is 17.2 Å². The van der Waals surface area contributed by atoms with E-state index >= 15 is 0 Å². The number of hydrogen-bond donors (Lipinski definition) is 0. The second-order valence-electron chi connectivity index (χ2n) is 10.0. The molecule has 1 fully saturated rings. The number of rotatable bonds is 9. The van der Waals surface area contributed by atoms with E-state index in [1.54, 1.807) is 12.0 Å². The lowest BCUT2D eigenvalue weighted by molar-refractivity contribution is 0.118. The van der Waals surface area contributed by atoms with Crippen molar-refractivity contribution in [2.45, 2.75) is 44.9 Å². The van der Waals surface area contributed by atoms with Crippen molar-refractivity contribution in [3.05, 3.63) is 90.5 Å². The van der Waals surface area contributed by atoms with Crippen molar-refractivity contribution in [3.63, 3.8) is 0 Å². The summed E-state index contributed by atoms with van der Waals surface area (Å²) in [6.07, 6.45) is 0.213. The number of amides is 1. The van der Waals surface area contributed by atoms with Gasteiger partial charge < -0.3 is 18.8 Å². The molecule has 1 aliphatic rings. The zero-order valence-electron chi connectivity index (χ0n) is 21.1. The highest BCUT2D eigenvalue weighted by atomic mass is 28.4. The summed E-state index contributed by atoms with van der Waals surface area (Å²) in [5, 5.41) is 2.43. The van der Waals surface area contributed by atoms with Gasteiger partial charge in [0.1, 0.15) is 11.9 Å². The van der Waals surface area contributed by atoms with Crippen molar-refractivity contribution in [2.24, 2.45) is 0 Å². The molecule has 4 rings (SSSR count). The fourth-order valence-electron chi connectivity index (χ4n) is 4.91. The molecule has 3 aromatic carbocycles. The van der Waals surface area contributed by atoms with Crippen molar-refractivity contribution in [1.29, 1.82) is 0 Å². The lowest BCUT2D eigenvalue weighted by Gasteiger charge is -2.43. The minimum absolute atomic E-state index is 0.0809. The number of ether oxygens (including phenoxy) is 2. The summed E-state index contributed by atoms with van der Waals surface area (Å²) in [5.41, 5.74) is 1.05. The maximum Gasteiger partial charge on any atom is 0.410 e. The Morgan fingerprint density at radius 3 is 2.00 bits per heavy atom. The molecule has 1 heterocycles. The molecule has 1 amide bonds. The van der Waals surface area contributed by atoms with Gasteiger partial charge in [-0.05, 0) is 33.1 Å². The molecule has 184 valence electrons. The van der Waals surface area contributed by atoms with Crippen LogP contribution in [0.25, 0.3) is 0 Å². The molecule has 1 saturated heterocycles. The monoisotopic (exact) mass is 489 g/mol. The van der Waals surface area contributed by atoms with Crippen molar-refractivity contribution >= 4 is 24.8 Å². The lowest BCUT2D eigenvalue weighted by atomic mass is 10.2. The molecule has 0 saturated carbocycles. The molecule has 1 atom stereocenters. The molecule has 3 aromatic rings. The van der Waals surface area contributed by atoms with Crippen molar-refractivity contribution < 1.29 is 18.7 Å². The summed E-state index contributed by atoms with van der Waals surface area (Å²) < 4.78 is 17.9.